The van der Waals surface area contributed by atoms with E-state index in [0.29, 0.717) is 22.7 Å². The van der Waals surface area contributed by atoms with Crippen LogP contribution in [0.3, 0.4) is 0 Å². The second kappa shape index (κ2) is 16.9. The van der Waals surface area contributed by atoms with E-state index in [0.717, 1.165) is 6.07 Å². The molecule has 0 aliphatic carbocycles. The molecule has 2 heterocycles. The van der Waals surface area contributed by atoms with Crippen LogP contribution in [-0.4, -0.2) is 85.3 Å². The van der Waals surface area contributed by atoms with Crippen molar-refractivity contribution >= 4 is 82.3 Å². The smallest absolute Gasteiger partial charge is 0.294 e. The van der Waals surface area contributed by atoms with Gasteiger partial charge in [0.1, 0.15) is 11.5 Å². The van der Waals surface area contributed by atoms with Gasteiger partial charge in [0.05, 0.1) is 65.0 Å². The summed E-state index contributed by atoms with van der Waals surface area (Å²) in [5, 5.41) is 21.3. The molecule has 5 aromatic rings. The van der Waals surface area contributed by atoms with Crippen LogP contribution in [0.4, 0.5) is 52.0 Å². The van der Waals surface area contributed by atoms with Crippen molar-refractivity contribution in [2.45, 2.75) is 16.7 Å². The molecule has 1 unspecified atom stereocenters. The van der Waals surface area contributed by atoms with E-state index in [4.69, 9.17) is 14.0 Å². The highest BCUT2D eigenvalue weighted by atomic mass is 32.2. The molecule has 1 aromatic heterocycles. The summed E-state index contributed by atoms with van der Waals surface area (Å²) in [6.45, 7) is -0.236. The Morgan fingerprint density at radius 3 is 1.82 bits per heavy atom. The van der Waals surface area contributed by atoms with Crippen LogP contribution in [0, 0.1) is 0 Å². The van der Waals surface area contributed by atoms with Gasteiger partial charge >= 0.3 is 0 Å². The number of nitrogens with one attached hydrogen (secondary N) is 2. The summed E-state index contributed by atoms with van der Waals surface area (Å²) in [4.78, 5) is 14.0. The van der Waals surface area contributed by atoms with Crippen molar-refractivity contribution in [2.24, 2.45) is 20.5 Å². The molecular weight excluding hydrogens is 809 g/mol. The normalized spacial score (nSPS) is 14.5. The molecule has 0 spiro atoms. The fourth-order valence-electron chi connectivity index (χ4n) is 4.93. The maximum absolute atomic E-state index is 11.9. The molecular formula is C33H32N10O11S3. The molecule has 5 N–H and O–H groups in total. The van der Waals surface area contributed by atoms with Crippen LogP contribution >= 0.6 is 0 Å². The van der Waals surface area contributed by atoms with Crippen LogP contribution in [0.5, 0.6) is 11.5 Å². The van der Waals surface area contributed by atoms with Gasteiger partial charge in [-0.15, -0.1) is 0 Å². The van der Waals surface area contributed by atoms with Crippen molar-refractivity contribution in [3.8, 4) is 11.5 Å². The molecule has 1 aliphatic heterocycles. The average Bonchev–Trinajstić information content (AvgIpc) is 3.98. The first-order valence-corrected chi connectivity index (χ1v) is 21.0. The van der Waals surface area contributed by atoms with Gasteiger partial charge in [0.25, 0.3) is 30.4 Å². The number of hydrogen-bond donors (Lipinski definition) is 5. The van der Waals surface area contributed by atoms with Gasteiger partial charge in [0.15, 0.2) is 5.37 Å². The lowest BCUT2D eigenvalue weighted by atomic mass is 10.2. The first-order chi connectivity index (χ1) is 27.0. The molecule has 1 fully saturated rings. The Morgan fingerprint density at radius 1 is 0.702 bits per heavy atom. The lowest BCUT2D eigenvalue weighted by Crippen LogP contribution is -2.15. The van der Waals surface area contributed by atoms with Gasteiger partial charge in [-0.3, -0.25) is 13.7 Å². The van der Waals surface area contributed by atoms with Crippen LogP contribution in [0.25, 0.3) is 0 Å². The number of azo groups is 2. The van der Waals surface area contributed by atoms with Crippen molar-refractivity contribution in [3.63, 3.8) is 0 Å². The summed E-state index contributed by atoms with van der Waals surface area (Å²) in [5.41, 5.74) is 2.00. The van der Waals surface area contributed by atoms with Gasteiger partial charge in [-0.2, -0.15) is 60.7 Å². The van der Waals surface area contributed by atoms with Crippen molar-refractivity contribution in [1.29, 1.82) is 0 Å². The molecule has 24 heteroatoms. The number of ether oxygens (including phenoxy) is 2. The molecule has 1 saturated heterocycles. The summed E-state index contributed by atoms with van der Waals surface area (Å²) < 4.78 is 109. The summed E-state index contributed by atoms with van der Waals surface area (Å²) in [5.74, 6) is -0.470. The first-order valence-electron chi connectivity index (χ1n) is 16.4. The van der Waals surface area contributed by atoms with E-state index in [2.05, 4.69) is 46.0 Å². The van der Waals surface area contributed by atoms with E-state index in [-0.39, 0.29) is 65.2 Å². The summed E-state index contributed by atoms with van der Waals surface area (Å²) in [6.07, 6.45) is -0.0484. The number of benzene rings is 4. The summed E-state index contributed by atoms with van der Waals surface area (Å²) in [7, 11) is -11.8. The second-order valence-corrected chi connectivity index (χ2v) is 16.5. The Kier molecular flexibility index (Phi) is 12.0. The van der Waals surface area contributed by atoms with Gasteiger partial charge in [0.2, 0.25) is 17.8 Å². The van der Waals surface area contributed by atoms with Crippen LogP contribution in [0.1, 0.15) is 6.42 Å². The number of nitrogens with zero attached hydrogens (tertiary/aromatic N) is 8. The minimum absolute atomic E-state index is 0.0484. The monoisotopic (exact) mass is 840 g/mol. The standard InChI is InChI=1S/C33H32N10O11S3/c1-53-28-18-23(42-40-22-9-5-10-25(17-22)56(47,48)49)11-13-26(28)34-31-36-32(38-33(37-31)43-20-30(43)57(50,51)52)35-27-14-12-24(41-39-21-7-3-2-4-8-21)19-29(27)54-15-6-16-55(44,45)46/h2-5,7-14,17-19,30H,6,15-16,20H2,1H3,(H,44,45,46)(H,47,48,49)(H,50,51,52)(H2,34,35,36,37,38). The summed E-state index contributed by atoms with van der Waals surface area (Å²) >= 11 is 0. The highest BCUT2D eigenvalue weighted by molar-refractivity contribution is 7.87. The first kappa shape index (κ1) is 40.5. The Hall–Kier alpha value is -6.18. The minimum Gasteiger partial charge on any atom is -0.494 e. The Morgan fingerprint density at radius 2 is 1.26 bits per heavy atom. The molecule has 6 rings (SSSR count). The number of methoxy groups -OCH3 is 1. The van der Waals surface area contributed by atoms with E-state index in [1.165, 1.54) is 42.3 Å². The van der Waals surface area contributed by atoms with Crippen LogP contribution < -0.4 is 25.0 Å². The highest BCUT2D eigenvalue weighted by Crippen LogP contribution is 2.36. The van der Waals surface area contributed by atoms with E-state index in [1.54, 1.807) is 48.5 Å². The summed E-state index contributed by atoms with van der Waals surface area (Å²) in [6, 6.07) is 23.5. The van der Waals surface area contributed by atoms with Crippen LogP contribution in [-0.2, 0) is 30.4 Å². The molecule has 298 valence electrons. The van der Waals surface area contributed by atoms with Crippen molar-refractivity contribution in [2.75, 3.05) is 41.5 Å². The number of hydrogen-bond acceptors (Lipinski definition) is 18. The maximum Gasteiger partial charge on any atom is 0.294 e. The fourth-order valence-corrected chi connectivity index (χ4v) is 6.70. The third-order valence-corrected chi connectivity index (χ3v) is 10.4. The number of rotatable bonds is 17. The van der Waals surface area contributed by atoms with E-state index >= 15 is 0 Å². The lowest BCUT2D eigenvalue weighted by Gasteiger charge is -2.15. The zero-order valence-corrected chi connectivity index (χ0v) is 31.9. The van der Waals surface area contributed by atoms with Crippen LogP contribution in [0.2, 0.25) is 0 Å². The number of aromatic nitrogens is 3. The van der Waals surface area contributed by atoms with Crippen LogP contribution in [0.15, 0.2) is 116 Å². The molecule has 1 aliphatic rings. The second-order valence-electron chi connectivity index (χ2n) is 11.9. The molecule has 0 bridgehead atoms. The van der Waals surface area contributed by atoms with Gasteiger partial charge in [0, 0.05) is 12.1 Å². The van der Waals surface area contributed by atoms with E-state index < -0.39 is 41.5 Å². The topological polar surface area (TPSA) is 297 Å². The third-order valence-electron chi connectivity index (χ3n) is 7.67. The number of anilines is 5. The highest BCUT2D eigenvalue weighted by Gasteiger charge is 2.46. The SMILES string of the molecule is COc1cc(N=Nc2cccc(S(=O)(=O)O)c2)ccc1Nc1nc(Nc2ccc(N=Nc3ccccc3)cc2OCCCS(=O)(=O)O)nc(N2CC2S(=O)(=O)O)n1. The van der Waals surface area contributed by atoms with E-state index in [9.17, 15) is 34.4 Å². The molecule has 57 heavy (non-hydrogen) atoms. The maximum atomic E-state index is 11.9. The lowest BCUT2D eigenvalue weighted by molar-refractivity contribution is 0.317. The molecule has 0 radical (unpaired) electrons. The van der Waals surface area contributed by atoms with Gasteiger partial charge in [-0.25, -0.2) is 0 Å². The molecule has 4 aromatic carbocycles. The molecule has 0 amide bonds. The Labute approximate surface area is 325 Å². The van der Waals surface area contributed by atoms with Crippen molar-refractivity contribution in [3.05, 3.63) is 91.0 Å². The Balaban J connectivity index is 1.29. The minimum atomic E-state index is -4.48. The van der Waals surface area contributed by atoms with Gasteiger partial charge in [-0.05, 0) is 61.0 Å². The zero-order chi connectivity index (χ0) is 40.8. The Bertz CT molecular complexity index is 2670. The molecule has 1 atom stereocenters. The van der Waals surface area contributed by atoms with Crippen molar-refractivity contribution < 1.29 is 48.4 Å². The molecule has 21 nitrogen and oxygen atoms in total. The third kappa shape index (κ3) is 11.4. The predicted octanol–water partition coefficient (Wildman–Crippen LogP) is 6.14. The van der Waals surface area contributed by atoms with Gasteiger partial charge in [-0.1, -0.05) is 24.3 Å². The fraction of sp³-hybridized carbons (Fsp3) is 0.182. The van der Waals surface area contributed by atoms with Crippen molar-refractivity contribution in [1.82, 2.24) is 15.0 Å². The zero-order valence-electron chi connectivity index (χ0n) is 29.5. The molecule has 0 saturated carbocycles. The average molecular weight is 841 g/mol. The quantitative estimate of drug-likeness (QED) is 0.0304. The van der Waals surface area contributed by atoms with Gasteiger partial charge < -0.3 is 25.0 Å². The largest absolute Gasteiger partial charge is 0.494 e. The predicted molar refractivity (Wildman–Crippen MR) is 206 cm³/mol. The van der Waals surface area contributed by atoms with E-state index in [1.807, 2.05) is 6.07 Å².